The van der Waals surface area contributed by atoms with Gasteiger partial charge < -0.3 is 14.6 Å². The van der Waals surface area contributed by atoms with Gasteiger partial charge >= 0.3 is 0 Å². The van der Waals surface area contributed by atoms with Crippen molar-refractivity contribution in [2.45, 2.75) is 26.2 Å². The van der Waals surface area contributed by atoms with Crippen LogP contribution in [0.2, 0.25) is 0 Å². The van der Waals surface area contributed by atoms with Gasteiger partial charge in [-0.3, -0.25) is 4.79 Å². The maximum atomic E-state index is 11.9. The Morgan fingerprint density at radius 1 is 1.19 bits per heavy atom. The smallest absolute Gasteiger partial charge is 0.277 e. The number of hydrogen-bond donors (Lipinski definition) is 2. The van der Waals surface area contributed by atoms with Gasteiger partial charge in [-0.1, -0.05) is 39.0 Å². The van der Waals surface area contributed by atoms with E-state index in [1.807, 2.05) is 24.3 Å². The van der Waals surface area contributed by atoms with Crippen LogP contribution in [0.15, 0.2) is 47.6 Å². The lowest BCUT2D eigenvalue weighted by atomic mass is 9.86. The van der Waals surface area contributed by atoms with Gasteiger partial charge in [-0.25, -0.2) is 5.43 Å². The molecule has 0 heterocycles. The van der Waals surface area contributed by atoms with E-state index in [-0.39, 0.29) is 23.7 Å². The highest BCUT2D eigenvalue weighted by Crippen LogP contribution is 2.30. The molecule has 2 rings (SSSR count). The van der Waals surface area contributed by atoms with Gasteiger partial charge in [-0.05, 0) is 40.8 Å². The van der Waals surface area contributed by atoms with E-state index < -0.39 is 0 Å². The molecule has 6 nitrogen and oxygen atoms in total. The van der Waals surface area contributed by atoms with E-state index in [9.17, 15) is 9.90 Å². The van der Waals surface area contributed by atoms with Crippen LogP contribution < -0.4 is 14.9 Å². The van der Waals surface area contributed by atoms with E-state index in [2.05, 4.69) is 31.3 Å². The number of phenols is 1. The molecule has 0 atom stereocenters. The number of hydrazone groups is 1. The fourth-order valence-electron chi connectivity index (χ4n) is 2.34. The summed E-state index contributed by atoms with van der Waals surface area (Å²) in [6.07, 6.45) is 1.46. The first-order valence-electron chi connectivity index (χ1n) is 8.22. The number of hydrogen-bond acceptors (Lipinski definition) is 5. The van der Waals surface area contributed by atoms with E-state index in [0.717, 1.165) is 5.56 Å². The normalized spacial score (nSPS) is 11.4. The second kappa shape index (κ2) is 8.38. The Morgan fingerprint density at radius 3 is 2.62 bits per heavy atom. The highest BCUT2D eigenvalue weighted by Gasteiger charge is 2.18. The van der Waals surface area contributed by atoms with E-state index in [1.165, 1.54) is 19.4 Å². The first-order valence-corrected chi connectivity index (χ1v) is 8.22. The highest BCUT2D eigenvalue weighted by atomic mass is 16.5. The molecular weight excluding hydrogens is 332 g/mol. The average Bonchev–Trinajstić information content (AvgIpc) is 2.61. The van der Waals surface area contributed by atoms with Gasteiger partial charge in [0.05, 0.1) is 13.3 Å². The van der Waals surface area contributed by atoms with Crippen molar-refractivity contribution in [3.05, 3.63) is 53.6 Å². The molecule has 6 heteroatoms. The third-order valence-corrected chi connectivity index (χ3v) is 3.66. The van der Waals surface area contributed by atoms with E-state index in [4.69, 9.17) is 9.47 Å². The molecule has 0 aliphatic carbocycles. The molecule has 0 radical (unpaired) electrons. The molecule has 0 aliphatic heterocycles. The molecule has 0 spiro atoms. The van der Waals surface area contributed by atoms with Gasteiger partial charge in [-0.2, -0.15) is 5.10 Å². The molecular formula is C20H24N2O4. The van der Waals surface area contributed by atoms with Crippen LogP contribution in [-0.4, -0.2) is 30.9 Å². The number of methoxy groups -OCH3 is 1. The fraction of sp³-hybridized carbons (Fsp3) is 0.300. The summed E-state index contributed by atoms with van der Waals surface area (Å²) < 4.78 is 10.7. The first-order chi connectivity index (χ1) is 12.3. The van der Waals surface area contributed by atoms with Gasteiger partial charge in [0.15, 0.2) is 18.1 Å². The Balaban J connectivity index is 1.92. The zero-order valence-electron chi connectivity index (χ0n) is 15.4. The summed E-state index contributed by atoms with van der Waals surface area (Å²) >= 11 is 0. The molecule has 0 unspecified atom stereocenters. The zero-order valence-corrected chi connectivity index (χ0v) is 15.4. The molecule has 0 saturated heterocycles. The standard InChI is InChI=1S/C20H24N2O4/c1-20(2,3)15-7-5-6-8-17(15)26-13-19(24)22-21-12-14-9-10-16(23)18(11-14)25-4/h5-12,23H,13H2,1-4H3,(H,22,24)/b21-12+. The van der Waals surface area contributed by atoms with Crippen LogP contribution in [0, 0.1) is 0 Å². The van der Waals surface area contributed by atoms with Crippen molar-refractivity contribution in [3.8, 4) is 17.2 Å². The molecule has 2 aromatic rings. The minimum absolute atomic E-state index is 0.0413. The van der Waals surface area contributed by atoms with Crippen LogP contribution >= 0.6 is 0 Å². The molecule has 26 heavy (non-hydrogen) atoms. The van der Waals surface area contributed by atoms with Crippen LogP contribution in [0.1, 0.15) is 31.9 Å². The number of nitrogens with zero attached hydrogens (tertiary/aromatic N) is 1. The summed E-state index contributed by atoms with van der Waals surface area (Å²) in [5.74, 6) is 0.695. The number of para-hydroxylation sites is 1. The number of rotatable bonds is 6. The van der Waals surface area contributed by atoms with Crippen LogP contribution in [0.4, 0.5) is 0 Å². The molecule has 138 valence electrons. The number of aromatic hydroxyl groups is 1. The van der Waals surface area contributed by atoms with Crippen molar-refractivity contribution in [2.24, 2.45) is 5.10 Å². The van der Waals surface area contributed by atoms with E-state index >= 15 is 0 Å². The summed E-state index contributed by atoms with van der Waals surface area (Å²) in [5, 5.41) is 13.4. The first kappa shape index (κ1) is 19.3. The third kappa shape index (κ3) is 5.24. The average molecular weight is 356 g/mol. The minimum Gasteiger partial charge on any atom is -0.504 e. The lowest BCUT2D eigenvalue weighted by molar-refractivity contribution is -0.123. The van der Waals surface area contributed by atoms with Crippen molar-refractivity contribution in [2.75, 3.05) is 13.7 Å². The maximum absolute atomic E-state index is 11.9. The topological polar surface area (TPSA) is 80.2 Å². The lowest BCUT2D eigenvalue weighted by Crippen LogP contribution is -2.25. The number of phenolic OH excluding ortho intramolecular Hbond substituents is 1. The second-order valence-corrected chi connectivity index (χ2v) is 6.76. The quantitative estimate of drug-likeness (QED) is 0.615. The predicted octanol–water partition coefficient (Wildman–Crippen LogP) is 3.23. The van der Waals surface area contributed by atoms with Gasteiger partial charge in [0.25, 0.3) is 5.91 Å². The summed E-state index contributed by atoms with van der Waals surface area (Å²) in [4.78, 5) is 11.9. The molecule has 0 saturated carbocycles. The Morgan fingerprint density at radius 2 is 1.92 bits per heavy atom. The summed E-state index contributed by atoms with van der Waals surface area (Å²) in [6.45, 7) is 6.13. The molecule has 0 bridgehead atoms. The molecule has 2 aromatic carbocycles. The number of nitrogens with one attached hydrogen (secondary N) is 1. The lowest BCUT2D eigenvalue weighted by Gasteiger charge is -2.22. The molecule has 0 fully saturated rings. The van der Waals surface area contributed by atoms with E-state index in [0.29, 0.717) is 17.1 Å². The predicted molar refractivity (Wildman–Crippen MR) is 101 cm³/mol. The van der Waals surface area contributed by atoms with Crippen molar-refractivity contribution in [1.29, 1.82) is 0 Å². The van der Waals surface area contributed by atoms with Crippen molar-refractivity contribution in [1.82, 2.24) is 5.43 Å². The summed E-state index contributed by atoms with van der Waals surface area (Å²) in [6, 6.07) is 12.4. The number of amides is 1. The van der Waals surface area contributed by atoms with E-state index in [1.54, 1.807) is 12.1 Å². The van der Waals surface area contributed by atoms with Gasteiger partial charge in [0.2, 0.25) is 0 Å². The number of carbonyl (C=O) groups excluding carboxylic acids is 1. The summed E-state index contributed by atoms with van der Waals surface area (Å²) in [7, 11) is 1.46. The second-order valence-electron chi connectivity index (χ2n) is 6.76. The van der Waals surface area contributed by atoms with Crippen molar-refractivity contribution in [3.63, 3.8) is 0 Å². The molecule has 2 N–H and O–H groups in total. The SMILES string of the molecule is COc1cc(/C=N/NC(=O)COc2ccccc2C(C)(C)C)ccc1O. The third-order valence-electron chi connectivity index (χ3n) is 3.66. The Labute approximate surface area is 153 Å². The zero-order chi connectivity index (χ0) is 19.2. The van der Waals surface area contributed by atoms with Crippen LogP contribution in [0.3, 0.4) is 0 Å². The largest absolute Gasteiger partial charge is 0.504 e. The van der Waals surface area contributed by atoms with Gasteiger partial charge in [0, 0.05) is 0 Å². The van der Waals surface area contributed by atoms with Crippen molar-refractivity contribution >= 4 is 12.1 Å². The maximum Gasteiger partial charge on any atom is 0.277 e. The number of carbonyl (C=O) groups is 1. The van der Waals surface area contributed by atoms with Gasteiger partial charge in [0.1, 0.15) is 5.75 Å². The number of benzene rings is 2. The van der Waals surface area contributed by atoms with Crippen molar-refractivity contribution < 1.29 is 19.4 Å². The van der Waals surface area contributed by atoms with Gasteiger partial charge in [-0.15, -0.1) is 0 Å². The molecule has 0 aromatic heterocycles. The Bertz CT molecular complexity index is 795. The Kier molecular flexibility index (Phi) is 6.22. The van der Waals surface area contributed by atoms with Crippen LogP contribution in [0.5, 0.6) is 17.2 Å². The number of ether oxygens (including phenoxy) is 2. The van der Waals surface area contributed by atoms with Crippen LogP contribution in [0.25, 0.3) is 0 Å². The minimum atomic E-state index is -0.365. The fourth-order valence-corrected chi connectivity index (χ4v) is 2.34. The highest BCUT2D eigenvalue weighted by molar-refractivity contribution is 5.83. The Hall–Kier alpha value is -3.02. The molecule has 1 amide bonds. The summed E-state index contributed by atoms with van der Waals surface area (Å²) in [5.41, 5.74) is 4.05. The monoisotopic (exact) mass is 356 g/mol. The van der Waals surface area contributed by atoms with Crippen LogP contribution in [-0.2, 0) is 10.2 Å². The molecule has 0 aliphatic rings.